The van der Waals surface area contributed by atoms with Crippen LogP contribution in [0.5, 0.6) is 0 Å². The van der Waals surface area contributed by atoms with Crippen LogP contribution >= 0.6 is 0 Å². The number of aromatic amines is 1. The molecule has 0 aliphatic heterocycles. The van der Waals surface area contributed by atoms with Gasteiger partial charge in [0, 0.05) is 26.7 Å². The Morgan fingerprint density at radius 3 is 2.78 bits per heavy atom. The van der Waals surface area contributed by atoms with Gasteiger partial charge in [-0.1, -0.05) is 12.1 Å². The summed E-state index contributed by atoms with van der Waals surface area (Å²) in [6, 6.07) is 6.69. The molecule has 2 rings (SSSR count). The van der Waals surface area contributed by atoms with Crippen LogP contribution in [0.25, 0.3) is 10.9 Å². The monoisotopic (exact) mass is 320 g/mol. The normalized spacial score (nSPS) is 10.8. The van der Waals surface area contributed by atoms with E-state index in [-0.39, 0.29) is 12.5 Å². The number of rotatable bonds is 8. The summed E-state index contributed by atoms with van der Waals surface area (Å²) in [6.45, 7) is 1.96. The van der Waals surface area contributed by atoms with Crippen LogP contribution in [0.2, 0.25) is 0 Å². The van der Waals surface area contributed by atoms with Crippen molar-refractivity contribution in [2.24, 2.45) is 0 Å². The molecule has 23 heavy (non-hydrogen) atoms. The molecule has 0 spiro atoms. The third-order valence-corrected chi connectivity index (χ3v) is 3.30. The zero-order chi connectivity index (χ0) is 16.7. The van der Waals surface area contributed by atoms with Gasteiger partial charge in [0.15, 0.2) is 0 Å². The Kier molecular flexibility index (Phi) is 6.07. The predicted molar refractivity (Wildman–Crippen MR) is 86.6 cm³/mol. The van der Waals surface area contributed by atoms with Crippen LogP contribution in [0.4, 0.5) is 0 Å². The van der Waals surface area contributed by atoms with Crippen molar-refractivity contribution in [1.29, 1.82) is 0 Å². The number of nitrogens with zero attached hydrogens (tertiary/aromatic N) is 1. The van der Waals surface area contributed by atoms with Crippen LogP contribution in [0.3, 0.4) is 0 Å². The van der Waals surface area contributed by atoms with E-state index in [9.17, 15) is 14.4 Å². The van der Waals surface area contributed by atoms with Crippen molar-refractivity contribution in [2.75, 3.05) is 33.4 Å². The SMILES string of the molecule is COCCNCCNC(=O)Cn1c(=O)[nH]c2ccccc2c1=O. The van der Waals surface area contributed by atoms with Crippen molar-refractivity contribution in [3.63, 3.8) is 0 Å². The minimum Gasteiger partial charge on any atom is -0.383 e. The fraction of sp³-hybridized carbons (Fsp3) is 0.400. The van der Waals surface area contributed by atoms with Gasteiger partial charge >= 0.3 is 5.69 Å². The van der Waals surface area contributed by atoms with Crippen LogP contribution < -0.4 is 21.9 Å². The molecule has 3 N–H and O–H groups in total. The number of aromatic nitrogens is 2. The predicted octanol–water partition coefficient (Wildman–Crippen LogP) is -0.958. The third-order valence-electron chi connectivity index (χ3n) is 3.30. The molecule has 1 amide bonds. The van der Waals surface area contributed by atoms with Crippen LogP contribution in [0.1, 0.15) is 0 Å². The van der Waals surface area contributed by atoms with Crippen LogP contribution in [-0.4, -0.2) is 48.8 Å². The van der Waals surface area contributed by atoms with Crippen molar-refractivity contribution in [1.82, 2.24) is 20.2 Å². The van der Waals surface area contributed by atoms with Crippen LogP contribution in [0.15, 0.2) is 33.9 Å². The lowest BCUT2D eigenvalue weighted by atomic mass is 10.2. The fourth-order valence-electron chi connectivity index (χ4n) is 2.13. The molecule has 8 heteroatoms. The Morgan fingerprint density at radius 1 is 1.22 bits per heavy atom. The Hall–Kier alpha value is -2.45. The number of methoxy groups -OCH3 is 1. The molecule has 0 saturated heterocycles. The lowest BCUT2D eigenvalue weighted by molar-refractivity contribution is -0.121. The summed E-state index contributed by atoms with van der Waals surface area (Å²) >= 11 is 0. The van der Waals surface area contributed by atoms with E-state index >= 15 is 0 Å². The van der Waals surface area contributed by atoms with Gasteiger partial charge in [-0.25, -0.2) is 4.79 Å². The molecule has 0 unspecified atom stereocenters. The molecule has 0 aliphatic carbocycles. The average Bonchev–Trinajstić information content (AvgIpc) is 2.55. The zero-order valence-corrected chi connectivity index (χ0v) is 12.9. The summed E-state index contributed by atoms with van der Waals surface area (Å²) < 4.78 is 5.78. The van der Waals surface area contributed by atoms with E-state index in [0.717, 1.165) is 4.57 Å². The fourth-order valence-corrected chi connectivity index (χ4v) is 2.13. The number of fused-ring (bicyclic) bond motifs is 1. The molecule has 0 saturated carbocycles. The van der Waals surface area contributed by atoms with Gasteiger partial charge in [-0.15, -0.1) is 0 Å². The Balaban J connectivity index is 1.97. The molecule has 0 aliphatic rings. The maximum absolute atomic E-state index is 12.3. The maximum atomic E-state index is 12.3. The molecule has 0 bridgehead atoms. The van der Waals surface area contributed by atoms with Gasteiger partial charge in [-0.3, -0.25) is 14.2 Å². The van der Waals surface area contributed by atoms with Crippen molar-refractivity contribution < 1.29 is 9.53 Å². The summed E-state index contributed by atoms with van der Waals surface area (Å²) in [5.41, 5.74) is -0.610. The van der Waals surface area contributed by atoms with E-state index < -0.39 is 11.2 Å². The number of ether oxygens (including phenoxy) is 1. The first-order chi connectivity index (χ1) is 11.1. The van der Waals surface area contributed by atoms with Crippen molar-refractivity contribution in [2.45, 2.75) is 6.54 Å². The lowest BCUT2D eigenvalue weighted by Crippen LogP contribution is -2.42. The molecule has 0 fully saturated rings. The first kappa shape index (κ1) is 16.9. The summed E-state index contributed by atoms with van der Waals surface area (Å²) in [6.07, 6.45) is 0. The first-order valence-electron chi connectivity index (χ1n) is 7.31. The second-order valence-electron chi connectivity index (χ2n) is 4.96. The van der Waals surface area contributed by atoms with Gasteiger partial charge in [0.2, 0.25) is 5.91 Å². The minimum absolute atomic E-state index is 0.308. The van der Waals surface area contributed by atoms with Crippen molar-refractivity contribution in [3.05, 3.63) is 45.1 Å². The highest BCUT2D eigenvalue weighted by Crippen LogP contribution is 2.02. The number of nitrogens with one attached hydrogen (secondary N) is 3. The first-order valence-corrected chi connectivity index (χ1v) is 7.31. The molecular weight excluding hydrogens is 300 g/mol. The van der Waals surface area contributed by atoms with E-state index in [2.05, 4.69) is 15.6 Å². The van der Waals surface area contributed by atoms with Gasteiger partial charge < -0.3 is 20.4 Å². The average molecular weight is 320 g/mol. The van der Waals surface area contributed by atoms with E-state index in [4.69, 9.17) is 4.74 Å². The number of hydrogen-bond donors (Lipinski definition) is 3. The Labute approximate surface area is 132 Å². The summed E-state index contributed by atoms with van der Waals surface area (Å²) in [5, 5.41) is 6.11. The molecule has 1 aromatic heterocycles. The number of hydrogen-bond acceptors (Lipinski definition) is 5. The molecule has 8 nitrogen and oxygen atoms in total. The molecule has 1 aromatic carbocycles. The number of H-pyrrole nitrogens is 1. The minimum atomic E-state index is -0.595. The number of amides is 1. The van der Waals surface area contributed by atoms with E-state index in [1.165, 1.54) is 0 Å². The van der Waals surface area contributed by atoms with Gasteiger partial charge in [0.25, 0.3) is 5.56 Å². The van der Waals surface area contributed by atoms with Gasteiger partial charge in [-0.2, -0.15) is 0 Å². The van der Waals surface area contributed by atoms with Crippen molar-refractivity contribution >= 4 is 16.8 Å². The topological polar surface area (TPSA) is 105 Å². The van der Waals surface area contributed by atoms with Gasteiger partial charge in [0.1, 0.15) is 6.54 Å². The van der Waals surface area contributed by atoms with E-state index in [1.807, 2.05) is 0 Å². The zero-order valence-electron chi connectivity index (χ0n) is 12.9. The van der Waals surface area contributed by atoms with Crippen LogP contribution in [-0.2, 0) is 16.1 Å². The van der Waals surface area contributed by atoms with Crippen molar-refractivity contribution in [3.8, 4) is 0 Å². The second kappa shape index (κ2) is 8.25. The highest BCUT2D eigenvalue weighted by Gasteiger charge is 2.10. The molecule has 0 radical (unpaired) electrons. The molecule has 1 heterocycles. The summed E-state index contributed by atoms with van der Waals surface area (Å²) in [4.78, 5) is 38.7. The number of carbonyl (C=O) groups excluding carboxylic acids is 1. The molecule has 124 valence electrons. The second-order valence-corrected chi connectivity index (χ2v) is 4.96. The Morgan fingerprint density at radius 2 is 2.00 bits per heavy atom. The quantitative estimate of drug-likeness (QED) is 0.544. The lowest BCUT2D eigenvalue weighted by Gasteiger charge is -2.08. The molecular formula is C15H20N4O4. The summed E-state index contributed by atoms with van der Waals surface area (Å²) in [5.74, 6) is -0.388. The van der Waals surface area contributed by atoms with Crippen LogP contribution in [0, 0.1) is 0 Å². The number of para-hydroxylation sites is 1. The van der Waals surface area contributed by atoms with Gasteiger partial charge in [0.05, 0.1) is 17.5 Å². The summed E-state index contributed by atoms with van der Waals surface area (Å²) in [7, 11) is 1.61. The Bertz CT molecular complexity index is 781. The number of carbonyl (C=O) groups is 1. The molecule has 0 atom stereocenters. The smallest absolute Gasteiger partial charge is 0.329 e. The highest BCUT2D eigenvalue weighted by molar-refractivity contribution is 5.78. The third kappa shape index (κ3) is 4.51. The number of benzene rings is 1. The maximum Gasteiger partial charge on any atom is 0.329 e. The standard InChI is InChI=1S/C15H20N4O4/c1-23-9-8-16-6-7-17-13(20)10-19-14(21)11-4-2-3-5-12(11)18-15(19)22/h2-5,16H,6-10H2,1H3,(H,17,20)(H,18,22). The largest absolute Gasteiger partial charge is 0.383 e. The van der Waals surface area contributed by atoms with E-state index in [1.54, 1.807) is 31.4 Å². The molecule has 2 aromatic rings. The highest BCUT2D eigenvalue weighted by atomic mass is 16.5. The van der Waals surface area contributed by atoms with Gasteiger partial charge in [-0.05, 0) is 12.1 Å². The van der Waals surface area contributed by atoms with E-state index in [0.29, 0.717) is 37.1 Å².